The molecule has 0 amide bonds. The van der Waals surface area contributed by atoms with E-state index < -0.39 is 0 Å². The van der Waals surface area contributed by atoms with E-state index in [1.165, 1.54) is 19.3 Å². The fraction of sp³-hybridized carbons (Fsp3) is 0.750. The molecular weight excluding hydrogens is 214 g/mol. The number of anilines is 1. The third kappa shape index (κ3) is 2.72. The van der Waals surface area contributed by atoms with Gasteiger partial charge >= 0.3 is 0 Å². The lowest BCUT2D eigenvalue weighted by molar-refractivity contribution is 0.438. The highest BCUT2D eigenvalue weighted by Crippen LogP contribution is 2.21. The normalized spacial score (nSPS) is 20.6. The van der Waals surface area contributed by atoms with Crippen molar-refractivity contribution < 1.29 is 0 Å². The molecular formula is C12H21N5. The lowest BCUT2D eigenvalue weighted by Gasteiger charge is -2.35. The monoisotopic (exact) mass is 235 g/mol. The number of hydrogen-bond donors (Lipinski definition) is 1. The minimum atomic E-state index is 0.498. The summed E-state index contributed by atoms with van der Waals surface area (Å²) in [6.07, 6.45) is 3.72. The van der Waals surface area contributed by atoms with Crippen molar-refractivity contribution >= 4 is 5.95 Å². The van der Waals surface area contributed by atoms with Crippen molar-refractivity contribution in [3.05, 3.63) is 11.4 Å². The average Bonchev–Trinajstić information content (AvgIpc) is 2.34. The van der Waals surface area contributed by atoms with E-state index in [2.05, 4.69) is 25.4 Å². The third-order valence-corrected chi connectivity index (χ3v) is 3.40. The molecule has 0 spiro atoms. The van der Waals surface area contributed by atoms with Gasteiger partial charge in [-0.15, -0.1) is 5.10 Å². The van der Waals surface area contributed by atoms with E-state index in [0.717, 1.165) is 30.4 Å². The molecule has 1 aliphatic heterocycles. The van der Waals surface area contributed by atoms with Crippen LogP contribution in [-0.4, -0.2) is 41.4 Å². The van der Waals surface area contributed by atoms with Crippen molar-refractivity contribution in [1.82, 2.24) is 20.5 Å². The minimum Gasteiger partial charge on any atom is -0.335 e. The first-order valence-electron chi connectivity index (χ1n) is 6.31. The van der Waals surface area contributed by atoms with Gasteiger partial charge in [-0.25, -0.2) is 4.98 Å². The standard InChI is InChI=1S/C12H21N5/c1-9-10(2)15-16-12(14-9)17-7-5-4-6-11(17)8-13-3/h11,13H,4-8H2,1-3H3. The summed E-state index contributed by atoms with van der Waals surface area (Å²) in [4.78, 5) is 6.84. The number of rotatable bonds is 3. The molecule has 0 aromatic carbocycles. The van der Waals surface area contributed by atoms with Crippen LogP contribution in [0.2, 0.25) is 0 Å². The number of nitrogens with zero attached hydrogens (tertiary/aromatic N) is 4. The molecule has 17 heavy (non-hydrogen) atoms. The van der Waals surface area contributed by atoms with Crippen LogP contribution in [0.3, 0.4) is 0 Å². The summed E-state index contributed by atoms with van der Waals surface area (Å²) >= 11 is 0. The van der Waals surface area contributed by atoms with E-state index in [1.54, 1.807) is 0 Å². The van der Waals surface area contributed by atoms with Gasteiger partial charge in [-0.05, 0) is 40.2 Å². The van der Waals surface area contributed by atoms with Crippen LogP contribution in [0.1, 0.15) is 30.7 Å². The second-order valence-electron chi connectivity index (χ2n) is 4.68. The van der Waals surface area contributed by atoms with E-state index in [1.807, 2.05) is 20.9 Å². The van der Waals surface area contributed by atoms with Gasteiger partial charge in [-0.1, -0.05) is 0 Å². The molecule has 0 saturated carbocycles. The molecule has 1 aromatic rings. The van der Waals surface area contributed by atoms with E-state index in [4.69, 9.17) is 0 Å². The molecule has 5 nitrogen and oxygen atoms in total. The molecule has 2 rings (SSSR count). The molecule has 1 atom stereocenters. The predicted octanol–water partition coefficient (Wildman–Crippen LogP) is 1.07. The molecule has 5 heteroatoms. The van der Waals surface area contributed by atoms with Crippen molar-refractivity contribution in [3.8, 4) is 0 Å². The van der Waals surface area contributed by atoms with Crippen molar-refractivity contribution in [1.29, 1.82) is 0 Å². The van der Waals surface area contributed by atoms with Crippen LogP contribution in [0.4, 0.5) is 5.95 Å². The molecule has 1 unspecified atom stereocenters. The number of aromatic nitrogens is 3. The Morgan fingerprint density at radius 2 is 2.06 bits per heavy atom. The van der Waals surface area contributed by atoms with Crippen molar-refractivity contribution in [2.45, 2.75) is 39.2 Å². The summed E-state index contributed by atoms with van der Waals surface area (Å²) in [6.45, 7) is 5.96. The van der Waals surface area contributed by atoms with Gasteiger partial charge in [0.15, 0.2) is 0 Å². The zero-order chi connectivity index (χ0) is 12.3. The zero-order valence-corrected chi connectivity index (χ0v) is 10.9. The van der Waals surface area contributed by atoms with Crippen LogP contribution in [0.15, 0.2) is 0 Å². The molecule has 1 aliphatic rings. The fourth-order valence-electron chi connectivity index (χ4n) is 2.28. The fourth-order valence-corrected chi connectivity index (χ4v) is 2.28. The Kier molecular flexibility index (Phi) is 3.89. The van der Waals surface area contributed by atoms with E-state index in [9.17, 15) is 0 Å². The van der Waals surface area contributed by atoms with Crippen molar-refractivity contribution in [2.75, 3.05) is 25.0 Å². The van der Waals surface area contributed by atoms with Crippen LogP contribution in [-0.2, 0) is 0 Å². The van der Waals surface area contributed by atoms with Gasteiger partial charge in [0, 0.05) is 19.1 Å². The minimum absolute atomic E-state index is 0.498. The maximum absolute atomic E-state index is 4.55. The highest BCUT2D eigenvalue weighted by Gasteiger charge is 2.24. The molecule has 94 valence electrons. The molecule has 1 fully saturated rings. The smallest absolute Gasteiger partial charge is 0.245 e. The summed E-state index contributed by atoms with van der Waals surface area (Å²) in [5, 5.41) is 11.7. The van der Waals surface area contributed by atoms with Crippen LogP contribution < -0.4 is 10.2 Å². The molecule has 0 radical (unpaired) electrons. The Bertz CT molecular complexity index is 377. The summed E-state index contributed by atoms with van der Waals surface area (Å²) in [5.74, 6) is 0.785. The Balaban J connectivity index is 2.20. The Morgan fingerprint density at radius 1 is 1.24 bits per heavy atom. The van der Waals surface area contributed by atoms with Crippen LogP contribution in [0.5, 0.6) is 0 Å². The van der Waals surface area contributed by atoms with Gasteiger partial charge in [0.25, 0.3) is 0 Å². The quantitative estimate of drug-likeness (QED) is 0.849. The van der Waals surface area contributed by atoms with Gasteiger partial charge < -0.3 is 10.2 Å². The lowest BCUT2D eigenvalue weighted by atomic mass is 10.0. The molecule has 0 bridgehead atoms. The van der Waals surface area contributed by atoms with E-state index in [-0.39, 0.29) is 0 Å². The topological polar surface area (TPSA) is 53.9 Å². The number of aryl methyl sites for hydroxylation is 2. The molecule has 0 aliphatic carbocycles. The Morgan fingerprint density at radius 3 is 2.76 bits per heavy atom. The second-order valence-corrected chi connectivity index (χ2v) is 4.68. The zero-order valence-electron chi connectivity index (χ0n) is 10.9. The van der Waals surface area contributed by atoms with Crippen molar-refractivity contribution in [3.63, 3.8) is 0 Å². The number of piperidine rings is 1. The highest BCUT2D eigenvalue weighted by atomic mass is 15.3. The molecule has 1 N–H and O–H groups in total. The maximum Gasteiger partial charge on any atom is 0.245 e. The first kappa shape index (κ1) is 12.2. The predicted molar refractivity (Wildman–Crippen MR) is 68.2 cm³/mol. The van der Waals surface area contributed by atoms with E-state index >= 15 is 0 Å². The number of nitrogens with one attached hydrogen (secondary N) is 1. The number of likely N-dealkylation sites (N-methyl/N-ethyl adjacent to an activating group) is 1. The molecule has 1 saturated heterocycles. The van der Waals surface area contributed by atoms with Crippen LogP contribution in [0, 0.1) is 13.8 Å². The van der Waals surface area contributed by atoms with Gasteiger partial charge in [0.1, 0.15) is 0 Å². The average molecular weight is 235 g/mol. The third-order valence-electron chi connectivity index (χ3n) is 3.40. The summed E-state index contributed by atoms with van der Waals surface area (Å²) in [6, 6.07) is 0.498. The molecule has 1 aromatic heterocycles. The summed E-state index contributed by atoms with van der Waals surface area (Å²) in [5.41, 5.74) is 1.89. The maximum atomic E-state index is 4.55. The summed E-state index contributed by atoms with van der Waals surface area (Å²) in [7, 11) is 1.99. The van der Waals surface area contributed by atoms with Gasteiger partial charge in [-0.2, -0.15) is 5.10 Å². The molecule has 2 heterocycles. The first-order chi connectivity index (χ1) is 8.22. The number of hydrogen-bond acceptors (Lipinski definition) is 5. The van der Waals surface area contributed by atoms with Gasteiger partial charge in [0.2, 0.25) is 5.95 Å². The van der Waals surface area contributed by atoms with Crippen molar-refractivity contribution in [2.24, 2.45) is 0 Å². The van der Waals surface area contributed by atoms with Crippen LogP contribution in [0.25, 0.3) is 0 Å². The van der Waals surface area contributed by atoms with Gasteiger partial charge in [0.05, 0.1) is 11.4 Å². The lowest BCUT2D eigenvalue weighted by Crippen LogP contribution is -2.46. The largest absolute Gasteiger partial charge is 0.335 e. The summed E-state index contributed by atoms with van der Waals surface area (Å²) < 4.78 is 0. The second kappa shape index (κ2) is 5.40. The van der Waals surface area contributed by atoms with E-state index in [0.29, 0.717) is 6.04 Å². The SMILES string of the molecule is CNCC1CCCCN1c1nnc(C)c(C)n1. The van der Waals surface area contributed by atoms with Gasteiger partial charge in [-0.3, -0.25) is 0 Å². The Hall–Kier alpha value is -1.23. The Labute approximate surface area is 103 Å². The first-order valence-corrected chi connectivity index (χ1v) is 6.31. The van der Waals surface area contributed by atoms with Crippen LogP contribution >= 0.6 is 0 Å². The highest BCUT2D eigenvalue weighted by molar-refractivity contribution is 5.32.